The van der Waals surface area contributed by atoms with Crippen molar-refractivity contribution in [3.8, 4) is 0 Å². The Hall–Kier alpha value is -2.28. The first kappa shape index (κ1) is 16.6. The van der Waals surface area contributed by atoms with E-state index in [9.17, 15) is 4.79 Å². The molecule has 0 radical (unpaired) electrons. The zero-order chi connectivity index (χ0) is 17.1. The first-order chi connectivity index (χ1) is 11.6. The summed E-state index contributed by atoms with van der Waals surface area (Å²) in [5.41, 5.74) is 3.09. The van der Waals surface area contributed by atoms with Crippen LogP contribution in [0.2, 0.25) is 0 Å². The van der Waals surface area contributed by atoms with E-state index in [4.69, 9.17) is 4.74 Å². The summed E-state index contributed by atoms with van der Waals surface area (Å²) >= 11 is 0. The van der Waals surface area contributed by atoms with Crippen LogP contribution >= 0.6 is 0 Å². The fourth-order valence-electron chi connectivity index (χ4n) is 3.20. The van der Waals surface area contributed by atoms with E-state index in [1.54, 1.807) is 11.8 Å². The number of ether oxygens (including phenoxy) is 1. The number of methoxy groups -OCH3 is 1. The second-order valence-electron chi connectivity index (χ2n) is 6.37. The van der Waals surface area contributed by atoms with Crippen molar-refractivity contribution >= 4 is 5.91 Å². The molecular formula is C17H23N5O2. The smallest absolute Gasteiger partial charge is 0.223 e. The van der Waals surface area contributed by atoms with Gasteiger partial charge in [-0.15, -0.1) is 5.10 Å². The quantitative estimate of drug-likeness (QED) is 0.821. The highest BCUT2D eigenvalue weighted by Crippen LogP contribution is 2.28. The molecule has 0 N–H and O–H groups in total. The summed E-state index contributed by atoms with van der Waals surface area (Å²) in [6.07, 6.45) is 6.69. The first-order valence-electron chi connectivity index (χ1n) is 8.14. The minimum Gasteiger partial charge on any atom is -0.379 e. The fraction of sp³-hybridized carbons (Fsp3) is 0.529. The molecule has 0 unspecified atom stereocenters. The standard InChI is InChI=1S/C17H23N5O2/c1-12-6-13(8-18-7-12)4-5-17(23)22-9-14(16(11-22)24-3)15-10-21(2)20-19-15/h6-8,10,14,16H,4-5,9,11H2,1-3H3/t14-,16+/m0/s1. The average molecular weight is 329 g/mol. The topological polar surface area (TPSA) is 73.1 Å². The fourth-order valence-corrected chi connectivity index (χ4v) is 3.20. The molecule has 2 atom stereocenters. The molecule has 2 aromatic heterocycles. The highest BCUT2D eigenvalue weighted by Gasteiger charge is 2.37. The molecule has 24 heavy (non-hydrogen) atoms. The molecule has 1 aliphatic rings. The van der Waals surface area contributed by atoms with Crippen molar-refractivity contribution in [1.82, 2.24) is 24.9 Å². The van der Waals surface area contributed by atoms with E-state index in [0.717, 1.165) is 16.8 Å². The van der Waals surface area contributed by atoms with Crippen molar-refractivity contribution in [1.29, 1.82) is 0 Å². The number of amides is 1. The van der Waals surface area contributed by atoms with E-state index in [1.807, 2.05) is 37.5 Å². The molecule has 1 aliphatic heterocycles. The molecule has 128 valence electrons. The molecule has 3 heterocycles. The van der Waals surface area contributed by atoms with Crippen LogP contribution < -0.4 is 0 Å². The third kappa shape index (κ3) is 3.62. The van der Waals surface area contributed by atoms with Crippen LogP contribution in [0.3, 0.4) is 0 Å². The summed E-state index contributed by atoms with van der Waals surface area (Å²) < 4.78 is 7.24. The maximum absolute atomic E-state index is 12.6. The summed E-state index contributed by atoms with van der Waals surface area (Å²) in [5.74, 6) is 0.221. The number of aromatic nitrogens is 4. The first-order valence-corrected chi connectivity index (χ1v) is 8.14. The number of rotatable bonds is 5. The minimum absolute atomic E-state index is 0.0358. The molecule has 1 saturated heterocycles. The normalized spacial score (nSPS) is 20.5. The second-order valence-corrected chi connectivity index (χ2v) is 6.37. The second kappa shape index (κ2) is 7.09. The number of carbonyl (C=O) groups is 1. The van der Waals surface area contributed by atoms with Crippen molar-refractivity contribution < 1.29 is 9.53 Å². The maximum atomic E-state index is 12.6. The van der Waals surface area contributed by atoms with E-state index in [-0.39, 0.29) is 17.9 Å². The predicted octanol–water partition coefficient (Wildman–Crippen LogP) is 1.09. The van der Waals surface area contributed by atoms with Crippen molar-refractivity contribution in [2.75, 3.05) is 20.2 Å². The lowest BCUT2D eigenvalue weighted by Gasteiger charge is -2.15. The van der Waals surface area contributed by atoms with Gasteiger partial charge in [-0.05, 0) is 24.5 Å². The number of nitrogens with zero attached hydrogens (tertiary/aromatic N) is 5. The van der Waals surface area contributed by atoms with Gasteiger partial charge in [0.15, 0.2) is 0 Å². The van der Waals surface area contributed by atoms with Gasteiger partial charge in [0.05, 0.1) is 17.7 Å². The molecule has 3 rings (SSSR count). The number of hydrogen-bond acceptors (Lipinski definition) is 5. The number of hydrogen-bond donors (Lipinski definition) is 0. The Balaban J connectivity index is 1.61. The van der Waals surface area contributed by atoms with Crippen LogP contribution in [0.25, 0.3) is 0 Å². The maximum Gasteiger partial charge on any atom is 0.223 e. The highest BCUT2D eigenvalue weighted by molar-refractivity contribution is 5.77. The molecular weight excluding hydrogens is 306 g/mol. The van der Waals surface area contributed by atoms with Gasteiger partial charge in [-0.3, -0.25) is 14.5 Å². The Labute approximate surface area is 141 Å². The number of carbonyl (C=O) groups excluding carboxylic acids is 1. The van der Waals surface area contributed by atoms with Crippen LogP contribution in [0.1, 0.15) is 29.2 Å². The molecule has 7 nitrogen and oxygen atoms in total. The van der Waals surface area contributed by atoms with Crippen LogP contribution in [0.5, 0.6) is 0 Å². The molecule has 0 aromatic carbocycles. The van der Waals surface area contributed by atoms with Gasteiger partial charge in [0.2, 0.25) is 5.91 Å². The highest BCUT2D eigenvalue weighted by atomic mass is 16.5. The predicted molar refractivity (Wildman–Crippen MR) is 88.4 cm³/mol. The van der Waals surface area contributed by atoms with Crippen molar-refractivity contribution in [2.45, 2.75) is 31.8 Å². The third-order valence-corrected chi connectivity index (χ3v) is 4.48. The molecule has 0 saturated carbocycles. The van der Waals surface area contributed by atoms with Crippen LogP contribution in [-0.4, -0.2) is 57.1 Å². The summed E-state index contributed by atoms with van der Waals surface area (Å²) in [5, 5.41) is 8.16. The van der Waals surface area contributed by atoms with E-state index in [0.29, 0.717) is 25.9 Å². The summed E-state index contributed by atoms with van der Waals surface area (Å²) in [6, 6.07) is 2.07. The van der Waals surface area contributed by atoms with E-state index >= 15 is 0 Å². The van der Waals surface area contributed by atoms with E-state index in [2.05, 4.69) is 21.4 Å². The van der Waals surface area contributed by atoms with Crippen LogP contribution in [0, 0.1) is 6.92 Å². The number of pyridine rings is 1. The van der Waals surface area contributed by atoms with Gasteiger partial charge in [0, 0.05) is 52.3 Å². The Bertz CT molecular complexity index is 715. The van der Waals surface area contributed by atoms with Gasteiger partial charge in [0.25, 0.3) is 0 Å². The Morgan fingerprint density at radius 1 is 1.38 bits per heavy atom. The summed E-state index contributed by atoms with van der Waals surface area (Å²) in [7, 11) is 3.52. The van der Waals surface area contributed by atoms with Crippen LogP contribution in [0.15, 0.2) is 24.7 Å². The van der Waals surface area contributed by atoms with Crippen LogP contribution in [0.4, 0.5) is 0 Å². The monoisotopic (exact) mass is 329 g/mol. The van der Waals surface area contributed by atoms with Gasteiger partial charge in [-0.1, -0.05) is 11.3 Å². The molecule has 7 heteroatoms. The Kier molecular flexibility index (Phi) is 4.89. The Morgan fingerprint density at radius 2 is 2.21 bits per heavy atom. The lowest BCUT2D eigenvalue weighted by molar-refractivity contribution is -0.130. The number of likely N-dealkylation sites (tertiary alicyclic amines) is 1. The zero-order valence-corrected chi connectivity index (χ0v) is 14.3. The SMILES string of the molecule is CO[C@@H]1CN(C(=O)CCc2cncc(C)c2)C[C@H]1c1cn(C)nn1. The lowest BCUT2D eigenvalue weighted by Crippen LogP contribution is -2.30. The van der Waals surface area contributed by atoms with Crippen molar-refractivity contribution in [3.63, 3.8) is 0 Å². The van der Waals surface area contributed by atoms with E-state index in [1.165, 1.54) is 0 Å². The lowest BCUT2D eigenvalue weighted by atomic mass is 10.0. The molecule has 1 fully saturated rings. The zero-order valence-electron chi connectivity index (χ0n) is 14.3. The molecule has 1 amide bonds. The molecule has 2 aromatic rings. The number of aryl methyl sites for hydroxylation is 3. The van der Waals surface area contributed by atoms with E-state index < -0.39 is 0 Å². The Morgan fingerprint density at radius 3 is 2.88 bits per heavy atom. The van der Waals surface area contributed by atoms with Gasteiger partial charge in [-0.2, -0.15) is 0 Å². The van der Waals surface area contributed by atoms with Gasteiger partial charge < -0.3 is 9.64 Å². The van der Waals surface area contributed by atoms with Gasteiger partial charge in [0.1, 0.15) is 0 Å². The summed E-state index contributed by atoms with van der Waals surface area (Å²) in [4.78, 5) is 18.6. The largest absolute Gasteiger partial charge is 0.379 e. The van der Waals surface area contributed by atoms with Crippen LogP contribution in [-0.2, 0) is 23.0 Å². The molecule has 0 aliphatic carbocycles. The third-order valence-electron chi connectivity index (χ3n) is 4.48. The van der Waals surface area contributed by atoms with Crippen molar-refractivity contribution in [2.24, 2.45) is 7.05 Å². The van der Waals surface area contributed by atoms with Crippen molar-refractivity contribution in [3.05, 3.63) is 41.5 Å². The molecule has 0 bridgehead atoms. The molecule has 0 spiro atoms. The van der Waals surface area contributed by atoms with Gasteiger partial charge in [-0.25, -0.2) is 0 Å². The average Bonchev–Trinajstić information content (AvgIpc) is 3.18. The minimum atomic E-state index is -0.0358. The summed E-state index contributed by atoms with van der Waals surface area (Å²) in [6.45, 7) is 3.23. The van der Waals surface area contributed by atoms with Gasteiger partial charge >= 0.3 is 0 Å².